The van der Waals surface area contributed by atoms with E-state index < -0.39 is 17.9 Å². The van der Waals surface area contributed by atoms with Gasteiger partial charge in [-0.2, -0.15) is 0 Å². The molecule has 0 aromatic heterocycles. The van der Waals surface area contributed by atoms with E-state index in [1.54, 1.807) is 0 Å². The molecule has 1 amide bonds. The van der Waals surface area contributed by atoms with Crippen molar-refractivity contribution in [2.45, 2.75) is 39.7 Å². The minimum Gasteiger partial charge on any atom is -0.481 e. The number of hydrogen-bond acceptors (Lipinski definition) is 3. The zero-order chi connectivity index (χ0) is 12.7. The summed E-state index contributed by atoms with van der Waals surface area (Å²) in [6.07, 6.45) is 1.34. The molecule has 0 aliphatic rings. The molecular weight excluding hydrogens is 208 g/mol. The summed E-state index contributed by atoms with van der Waals surface area (Å²) >= 11 is 0. The Bertz CT molecular complexity index is 241. The van der Waals surface area contributed by atoms with Crippen LogP contribution in [-0.2, 0) is 9.59 Å². The van der Waals surface area contributed by atoms with E-state index in [4.69, 9.17) is 10.8 Å². The van der Waals surface area contributed by atoms with Crippen molar-refractivity contribution in [1.82, 2.24) is 5.32 Å². The van der Waals surface area contributed by atoms with Crippen LogP contribution >= 0.6 is 0 Å². The van der Waals surface area contributed by atoms with Gasteiger partial charge in [0.2, 0.25) is 5.91 Å². The number of nitrogens with one attached hydrogen (secondary N) is 1. The molecule has 16 heavy (non-hydrogen) atoms. The molecule has 0 heterocycles. The highest BCUT2D eigenvalue weighted by atomic mass is 16.4. The molecule has 0 saturated heterocycles. The van der Waals surface area contributed by atoms with Crippen molar-refractivity contribution in [1.29, 1.82) is 0 Å². The van der Waals surface area contributed by atoms with Crippen LogP contribution in [0.3, 0.4) is 0 Å². The standard InChI is InChI=1S/C11H22N2O3/c1-4-5-8(11(15)16)6-13-10(14)9(12)7(2)3/h7-9H,4-6,12H2,1-3H3,(H,13,14)(H,15,16)/t8?,9-/m1/s1. The highest BCUT2D eigenvalue weighted by molar-refractivity contribution is 5.82. The summed E-state index contributed by atoms with van der Waals surface area (Å²) in [5.41, 5.74) is 5.64. The molecule has 0 aromatic carbocycles. The Morgan fingerprint density at radius 2 is 1.94 bits per heavy atom. The van der Waals surface area contributed by atoms with E-state index in [9.17, 15) is 9.59 Å². The van der Waals surface area contributed by atoms with Crippen LogP contribution in [0.4, 0.5) is 0 Å². The molecule has 0 saturated carbocycles. The van der Waals surface area contributed by atoms with Crippen LogP contribution in [0.2, 0.25) is 0 Å². The summed E-state index contributed by atoms with van der Waals surface area (Å²) in [5, 5.41) is 11.5. The minimum absolute atomic E-state index is 0.0504. The number of nitrogens with two attached hydrogens (primary N) is 1. The molecular formula is C11H22N2O3. The zero-order valence-corrected chi connectivity index (χ0v) is 10.2. The Hall–Kier alpha value is -1.10. The van der Waals surface area contributed by atoms with Crippen LogP contribution in [-0.4, -0.2) is 29.6 Å². The minimum atomic E-state index is -0.875. The largest absolute Gasteiger partial charge is 0.481 e. The van der Waals surface area contributed by atoms with E-state index in [2.05, 4.69) is 5.32 Å². The normalized spacial score (nSPS) is 14.6. The first-order chi connectivity index (χ1) is 7.40. The van der Waals surface area contributed by atoms with E-state index in [1.807, 2.05) is 20.8 Å². The second kappa shape index (κ2) is 7.22. The SMILES string of the molecule is CCCC(CNC(=O)[C@H](N)C(C)C)C(=O)O. The van der Waals surface area contributed by atoms with Crippen molar-refractivity contribution < 1.29 is 14.7 Å². The smallest absolute Gasteiger partial charge is 0.308 e. The summed E-state index contributed by atoms with van der Waals surface area (Å²) < 4.78 is 0. The van der Waals surface area contributed by atoms with Gasteiger partial charge >= 0.3 is 5.97 Å². The third kappa shape index (κ3) is 5.11. The summed E-state index contributed by atoms with van der Waals surface area (Å²) in [4.78, 5) is 22.3. The molecule has 94 valence electrons. The topological polar surface area (TPSA) is 92.4 Å². The number of carboxylic acids is 1. The third-order valence-corrected chi connectivity index (χ3v) is 2.53. The summed E-state index contributed by atoms with van der Waals surface area (Å²) in [6.45, 7) is 5.77. The molecule has 2 atom stereocenters. The zero-order valence-electron chi connectivity index (χ0n) is 10.2. The first kappa shape index (κ1) is 14.9. The Kier molecular flexibility index (Phi) is 6.72. The first-order valence-electron chi connectivity index (χ1n) is 5.66. The molecule has 0 fully saturated rings. The van der Waals surface area contributed by atoms with E-state index in [1.165, 1.54) is 0 Å². The lowest BCUT2D eigenvalue weighted by Gasteiger charge is -2.17. The first-order valence-corrected chi connectivity index (χ1v) is 5.66. The van der Waals surface area contributed by atoms with Crippen molar-refractivity contribution in [3.63, 3.8) is 0 Å². The van der Waals surface area contributed by atoms with Crippen LogP contribution in [0.25, 0.3) is 0 Å². The molecule has 0 aromatic rings. The van der Waals surface area contributed by atoms with Gasteiger partial charge in [0, 0.05) is 6.54 Å². The highest BCUT2D eigenvalue weighted by Crippen LogP contribution is 2.05. The van der Waals surface area contributed by atoms with Crippen LogP contribution in [0.1, 0.15) is 33.6 Å². The summed E-state index contributed by atoms with van der Waals surface area (Å²) in [5.74, 6) is -1.62. The maximum Gasteiger partial charge on any atom is 0.308 e. The van der Waals surface area contributed by atoms with Gasteiger partial charge in [0.15, 0.2) is 0 Å². The van der Waals surface area contributed by atoms with Gasteiger partial charge in [0.05, 0.1) is 12.0 Å². The predicted octanol–water partition coefficient (Wildman–Crippen LogP) is 0.587. The lowest BCUT2D eigenvalue weighted by atomic mass is 10.0. The van der Waals surface area contributed by atoms with Crippen LogP contribution in [0.5, 0.6) is 0 Å². The molecule has 0 radical (unpaired) electrons. The van der Waals surface area contributed by atoms with Gasteiger partial charge < -0.3 is 16.2 Å². The molecule has 1 unspecified atom stereocenters. The summed E-state index contributed by atoms with van der Waals surface area (Å²) in [7, 11) is 0. The molecule has 4 N–H and O–H groups in total. The molecule has 0 rings (SSSR count). The van der Waals surface area contributed by atoms with Crippen molar-refractivity contribution in [3.05, 3.63) is 0 Å². The third-order valence-electron chi connectivity index (χ3n) is 2.53. The lowest BCUT2D eigenvalue weighted by molar-refractivity contribution is -0.142. The van der Waals surface area contributed by atoms with Crippen molar-refractivity contribution in [2.75, 3.05) is 6.54 Å². The number of amides is 1. The summed E-state index contributed by atoms with van der Waals surface area (Å²) in [6, 6.07) is -0.573. The second-order valence-electron chi connectivity index (χ2n) is 4.34. The molecule has 0 aliphatic heterocycles. The van der Waals surface area contributed by atoms with Crippen molar-refractivity contribution in [3.8, 4) is 0 Å². The van der Waals surface area contributed by atoms with Gasteiger partial charge in [-0.15, -0.1) is 0 Å². The van der Waals surface area contributed by atoms with Gasteiger partial charge in [0.1, 0.15) is 0 Å². The van der Waals surface area contributed by atoms with Gasteiger partial charge in [0.25, 0.3) is 0 Å². The average molecular weight is 230 g/mol. The van der Waals surface area contributed by atoms with Gasteiger partial charge in [-0.3, -0.25) is 9.59 Å². The van der Waals surface area contributed by atoms with Crippen LogP contribution in [0.15, 0.2) is 0 Å². The molecule has 0 spiro atoms. The van der Waals surface area contributed by atoms with Gasteiger partial charge in [-0.05, 0) is 12.3 Å². The number of carbonyl (C=O) groups is 2. The fourth-order valence-corrected chi connectivity index (χ4v) is 1.31. The molecule has 0 aliphatic carbocycles. The number of hydrogen-bond donors (Lipinski definition) is 3. The molecule has 5 nitrogen and oxygen atoms in total. The quantitative estimate of drug-likeness (QED) is 0.596. The van der Waals surface area contributed by atoms with Crippen molar-refractivity contribution >= 4 is 11.9 Å². The fourth-order valence-electron chi connectivity index (χ4n) is 1.31. The second-order valence-corrected chi connectivity index (χ2v) is 4.34. The monoisotopic (exact) mass is 230 g/mol. The number of carbonyl (C=O) groups excluding carboxylic acids is 1. The van der Waals surface area contributed by atoms with E-state index in [0.29, 0.717) is 6.42 Å². The number of rotatable bonds is 7. The maximum absolute atomic E-state index is 11.5. The maximum atomic E-state index is 11.5. The Labute approximate surface area is 96.4 Å². The number of carboxylic acid groups (broad SMARTS) is 1. The van der Waals surface area contributed by atoms with Crippen molar-refractivity contribution in [2.24, 2.45) is 17.6 Å². The fraction of sp³-hybridized carbons (Fsp3) is 0.818. The van der Waals surface area contributed by atoms with Gasteiger partial charge in [-0.25, -0.2) is 0 Å². The Morgan fingerprint density at radius 3 is 2.31 bits per heavy atom. The Morgan fingerprint density at radius 1 is 1.38 bits per heavy atom. The average Bonchev–Trinajstić information content (AvgIpc) is 2.21. The van der Waals surface area contributed by atoms with Crippen LogP contribution in [0, 0.1) is 11.8 Å². The Balaban J connectivity index is 4.10. The van der Waals surface area contributed by atoms with E-state index >= 15 is 0 Å². The van der Waals surface area contributed by atoms with E-state index in [0.717, 1.165) is 6.42 Å². The molecule has 5 heteroatoms. The van der Waals surface area contributed by atoms with Gasteiger partial charge in [-0.1, -0.05) is 27.2 Å². The van der Waals surface area contributed by atoms with Crippen LogP contribution < -0.4 is 11.1 Å². The molecule has 0 bridgehead atoms. The highest BCUT2D eigenvalue weighted by Gasteiger charge is 2.21. The predicted molar refractivity (Wildman–Crippen MR) is 61.9 cm³/mol. The number of aliphatic carboxylic acids is 1. The van der Waals surface area contributed by atoms with E-state index in [-0.39, 0.29) is 18.4 Å². The lowest BCUT2D eigenvalue weighted by Crippen LogP contribution is -2.46.